The first kappa shape index (κ1) is 16.5. The molecule has 0 bridgehead atoms. The first-order valence-electron chi connectivity index (χ1n) is 5.75. The van der Waals surface area contributed by atoms with Crippen LogP contribution in [0.25, 0.3) is 0 Å². The second-order valence-electron chi connectivity index (χ2n) is 4.04. The number of anilines is 1. The minimum Gasteiger partial charge on any atom is -0.385 e. The van der Waals surface area contributed by atoms with Gasteiger partial charge in [0, 0.05) is 12.2 Å². The second-order valence-corrected chi connectivity index (χ2v) is 5.57. The summed E-state index contributed by atoms with van der Waals surface area (Å²) in [5, 5.41) is 7.57. The molecule has 0 unspecified atom stereocenters. The van der Waals surface area contributed by atoms with Gasteiger partial charge >= 0.3 is 6.18 Å². The summed E-state index contributed by atoms with van der Waals surface area (Å²) in [6.07, 6.45) is -0.457. The summed E-state index contributed by atoms with van der Waals surface area (Å²) < 4.78 is 60.8. The van der Waals surface area contributed by atoms with Gasteiger partial charge in [-0.05, 0) is 31.5 Å². The van der Waals surface area contributed by atoms with Gasteiger partial charge in [-0.1, -0.05) is 12.2 Å². The zero-order valence-electron chi connectivity index (χ0n) is 10.7. The molecule has 1 aromatic rings. The molecule has 0 radical (unpaired) electrons. The highest BCUT2D eigenvalue weighted by atomic mass is 32.2. The van der Waals surface area contributed by atoms with Crippen LogP contribution >= 0.6 is 0 Å². The van der Waals surface area contributed by atoms with Gasteiger partial charge < -0.3 is 5.32 Å². The summed E-state index contributed by atoms with van der Waals surface area (Å²) in [4.78, 5) is -0.927. The molecule has 0 aromatic heterocycles. The van der Waals surface area contributed by atoms with Crippen molar-refractivity contribution in [1.29, 1.82) is 0 Å². The van der Waals surface area contributed by atoms with E-state index in [-0.39, 0.29) is 5.69 Å². The lowest BCUT2D eigenvalue weighted by Crippen LogP contribution is -2.19. The van der Waals surface area contributed by atoms with E-state index in [1.807, 2.05) is 19.1 Å². The number of sulfonamides is 1. The molecule has 0 aliphatic heterocycles. The van der Waals surface area contributed by atoms with Crippen molar-refractivity contribution in [3.8, 4) is 0 Å². The first-order chi connectivity index (χ1) is 9.16. The average molecular weight is 308 g/mol. The van der Waals surface area contributed by atoms with E-state index in [0.717, 1.165) is 12.1 Å². The van der Waals surface area contributed by atoms with Crippen LogP contribution in [0.3, 0.4) is 0 Å². The summed E-state index contributed by atoms with van der Waals surface area (Å²) in [5.74, 6) is 0. The smallest absolute Gasteiger partial charge is 0.385 e. The van der Waals surface area contributed by atoms with Gasteiger partial charge in [-0.2, -0.15) is 13.2 Å². The van der Waals surface area contributed by atoms with Crippen LogP contribution in [0.15, 0.2) is 35.2 Å². The summed E-state index contributed by atoms with van der Waals surface area (Å²) in [6, 6.07) is 2.86. The molecule has 1 aromatic carbocycles. The third-order valence-electron chi connectivity index (χ3n) is 2.47. The van der Waals surface area contributed by atoms with Crippen LogP contribution in [0.4, 0.5) is 18.9 Å². The molecule has 112 valence electrons. The molecule has 0 amide bonds. The van der Waals surface area contributed by atoms with Crippen LogP contribution < -0.4 is 10.5 Å². The van der Waals surface area contributed by atoms with E-state index in [1.165, 1.54) is 6.07 Å². The van der Waals surface area contributed by atoms with E-state index in [9.17, 15) is 21.6 Å². The fourth-order valence-electron chi connectivity index (χ4n) is 1.58. The number of benzene rings is 1. The van der Waals surface area contributed by atoms with Crippen molar-refractivity contribution < 1.29 is 21.6 Å². The highest BCUT2D eigenvalue weighted by Crippen LogP contribution is 2.35. The van der Waals surface area contributed by atoms with Crippen LogP contribution in [-0.4, -0.2) is 15.0 Å². The van der Waals surface area contributed by atoms with Gasteiger partial charge in [0.05, 0.1) is 10.5 Å². The van der Waals surface area contributed by atoms with Gasteiger partial charge in [-0.25, -0.2) is 13.6 Å². The molecule has 4 nitrogen and oxygen atoms in total. The Morgan fingerprint density at radius 1 is 1.35 bits per heavy atom. The number of allylic oxidation sites excluding steroid dienone is 1. The number of primary sulfonamides is 1. The Kier molecular flexibility index (Phi) is 5.18. The SMILES string of the molecule is C/C=C/CCNc1ccc(S(N)(=O)=O)c(C(F)(F)F)c1. The topological polar surface area (TPSA) is 72.2 Å². The van der Waals surface area contributed by atoms with Crippen LogP contribution in [0.1, 0.15) is 18.9 Å². The largest absolute Gasteiger partial charge is 0.417 e. The minimum absolute atomic E-state index is 0.189. The number of rotatable bonds is 5. The number of halogens is 3. The van der Waals surface area contributed by atoms with Gasteiger partial charge in [0.25, 0.3) is 0 Å². The predicted molar refractivity (Wildman–Crippen MR) is 70.7 cm³/mol. The predicted octanol–water partition coefficient (Wildman–Crippen LogP) is 2.73. The molecule has 3 N–H and O–H groups in total. The van der Waals surface area contributed by atoms with Crippen molar-refractivity contribution in [1.82, 2.24) is 0 Å². The third-order valence-corrected chi connectivity index (χ3v) is 3.44. The van der Waals surface area contributed by atoms with Crippen molar-refractivity contribution >= 4 is 15.7 Å². The number of alkyl halides is 3. The maximum Gasteiger partial charge on any atom is 0.417 e. The summed E-state index contributed by atoms with van der Waals surface area (Å²) >= 11 is 0. The summed E-state index contributed by atoms with van der Waals surface area (Å²) in [6.45, 7) is 2.28. The molecule has 1 rings (SSSR count). The fraction of sp³-hybridized carbons (Fsp3) is 0.333. The Labute approximate surface area is 115 Å². The maximum atomic E-state index is 12.8. The van der Waals surface area contributed by atoms with Gasteiger partial charge in [0.1, 0.15) is 0 Å². The van der Waals surface area contributed by atoms with Gasteiger partial charge in [-0.15, -0.1) is 0 Å². The van der Waals surface area contributed by atoms with E-state index in [2.05, 4.69) is 5.32 Å². The van der Waals surface area contributed by atoms with E-state index in [1.54, 1.807) is 0 Å². The molecule has 20 heavy (non-hydrogen) atoms. The molecule has 0 atom stereocenters. The van der Waals surface area contributed by atoms with Gasteiger partial charge in [-0.3, -0.25) is 0 Å². The lowest BCUT2D eigenvalue weighted by atomic mass is 10.2. The fourth-order valence-corrected chi connectivity index (χ4v) is 2.31. The summed E-state index contributed by atoms with van der Waals surface area (Å²) in [7, 11) is -4.42. The number of nitrogens with two attached hydrogens (primary N) is 1. The zero-order chi connectivity index (χ0) is 15.4. The lowest BCUT2D eigenvalue weighted by Gasteiger charge is -2.14. The highest BCUT2D eigenvalue weighted by molar-refractivity contribution is 7.89. The Morgan fingerprint density at radius 2 is 2.00 bits per heavy atom. The quantitative estimate of drug-likeness (QED) is 0.649. The Hall–Kier alpha value is -1.54. The molecule has 0 aliphatic carbocycles. The van der Waals surface area contributed by atoms with Crippen LogP contribution in [0.2, 0.25) is 0 Å². The minimum atomic E-state index is -4.79. The zero-order valence-corrected chi connectivity index (χ0v) is 11.6. The molecule has 0 aliphatic rings. The molecular formula is C12H15F3N2O2S. The van der Waals surface area contributed by atoms with E-state index < -0.39 is 26.7 Å². The number of hydrogen-bond donors (Lipinski definition) is 2. The second kappa shape index (κ2) is 6.27. The van der Waals surface area contributed by atoms with Crippen LogP contribution in [-0.2, 0) is 16.2 Å². The summed E-state index contributed by atoms with van der Waals surface area (Å²) in [5.41, 5.74) is -1.08. The molecule has 0 fully saturated rings. The van der Waals surface area contributed by atoms with Crippen LogP contribution in [0.5, 0.6) is 0 Å². The standard InChI is InChI=1S/C12H15F3N2O2S/c1-2-3-4-7-17-9-5-6-11(20(16,18)19)10(8-9)12(13,14)15/h2-3,5-6,8,17H,4,7H2,1H3,(H2,16,18,19)/b3-2+. The number of hydrogen-bond acceptors (Lipinski definition) is 3. The normalized spacial score (nSPS) is 12.8. The molecule has 0 saturated heterocycles. The molecule has 8 heteroatoms. The van der Waals surface area contributed by atoms with Crippen LogP contribution in [0, 0.1) is 0 Å². The Morgan fingerprint density at radius 3 is 2.50 bits per heavy atom. The Bertz CT molecular complexity index is 595. The van der Waals surface area contributed by atoms with Gasteiger partial charge in [0.2, 0.25) is 10.0 Å². The third kappa shape index (κ3) is 4.53. The maximum absolute atomic E-state index is 12.8. The average Bonchev–Trinajstić information content (AvgIpc) is 2.32. The highest BCUT2D eigenvalue weighted by Gasteiger charge is 2.36. The van der Waals surface area contributed by atoms with Crippen molar-refractivity contribution in [2.45, 2.75) is 24.4 Å². The van der Waals surface area contributed by atoms with Gasteiger partial charge in [0.15, 0.2) is 0 Å². The van der Waals surface area contributed by atoms with Crippen molar-refractivity contribution in [2.75, 3.05) is 11.9 Å². The monoisotopic (exact) mass is 308 g/mol. The van der Waals surface area contributed by atoms with E-state index in [0.29, 0.717) is 13.0 Å². The first-order valence-corrected chi connectivity index (χ1v) is 7.30. The van der Waals surface area contributed by atoms with Crippen molar-refractivity contribution in [3.05, 3.63) is 35.9 Å². The number of nitrogens with one attached hydrogen (secondary N) is 1. The molecule has 0 spiro atoms. The molecule has 0 heterocycles. The van der Waals surface area contributed by atoms with Crippen molar-refractivity contribution in [2.24, 2.45) is 5.14 Å². The Balaban J connectivity index is 3.09. The molecule has 0 saturated carbocycles. The van der Waals surface area contributed by atoms with Crippen molar-refractivity contribution in [3.63, 3.8) is 0 Å². The molecular weight excluding hydrogens is 293 g/mol. The lowest BCUT2D eigenvalue weighted by molar-refractivity contribution is -0.139. The van der Waals surface area contributed by atoms with E-state index >= 15 is 0 Å². The van der Waals surface area contributed by atoms with E-state index in [4.69, 9.17) is 5.14 Å².